The second-order valence-electron chi connectivity index (χ2n) is 6.91. The summed E-state index contributed by atoms with van der Waals surface area (Å²) in [5, 5.41) is 5.76. The molecule has 0 spiro atoms. The Labute approximate surface area is 187 Å². The second-order valence-corrected chi connectivity index (χ2v) is 9.21. The number of aryl methyl sites for hydroxylation is 1. The second kappa shape index (κ2) is 9.85. The van der Waals surface area contributed by atoms with Crippen LogP contribution < -0.4 is 15.4 Å². The van der Waals surface area contributed by atoms with E-state index >= 15 is 0 Å². The normalized spacial score (nSPS) is 11.1. The molecule has 6 nitrogen and oxygen atoms in total. The highest BCUT2D eigenvalue weighted by Crippen LogP contribution is 2.33. The van der Waals surface area contributed by atoms with Gasteiger partial charge in [-0.25, -0.2) is 8.42 Å². The molecule has 0 saturated heterocycles. The first kappa shape index (κ1) is 22.7. The fourth-order valence-electron chi connectivity index (χ4n) is 2.88. The number of nitrogens with one attached hydrogen (secondary N) is 2. The molecule has 3 rings (SSSR count). The maximum absolute atomic E-state index is 13.0. The molecule has 0 fully saturated rings. The van der Waals surface area contributed by atoms with Gasteiger partial charge in [0.25, 0.3) is 0 Å². The molecule has 31 heavy (non-hydrogen) atoms. The van der Waals surface area contributed by atoms with Gasteiger partial charge in [0.05, 0.1) is 34.2 Å². The zero-order valence-corrected chi connectivity index (χ0v) is 18.8. The van der Waals surface area contributed by atoms with Crippen LogP contribution in [0.4, 0.5) is 5.69 Å². The number of methoxy groups -OCH3 is 1. The van der Waals surface area contributed by atoms with Gasteiger partial charge in [0, 0.05) is 6.54 Å². The van der Waals surface area contributed by atoms with E-state index in [0.29, 0.717) is 12.2 Å². The van der Waals surface area contributed by atoms with E-state index < -0.39 is 9.84 Å². The van der Waals surface area contributed by atoms with Gasteiger partial charge in [-0.1, -0.05) is 47.5 Å². The summed E-state index contributed by atoms with van der Waals surface area (Å²) in [7, 11) is -2.19. The zero-order chi connectivity index (χ0) is 22.4. The van der Waals surface area contributed by atoms with Gasteiger partial charge in [-0.05, 0) is 48.9 Å². The quantitative estimate of drug-likeness (QED) is 0.528. The topological polar surface area (TPSA) is 84.5 Å². The SMILES string of the molecule is COc1ccc(CNC(=O)CNc2cccc(S(=O)(=O)c3ccc(C)cc3)c2Cl)cc1. The highest BCUT2D eigenvalue weighted by Gasteiger charge is 2.22. The molecule has 0 aromatic heterocycles. The van der Waals surface area contributed by atoms with Crippen molar-refractivity contribution >= 4 is 33.0 Å². The number of hydrogen-bond acceptors (Lipinski definition) is 5. The van der Waals surface area contributed by atoms with Gasteiger partial charge in [0.15, 0.2) is 0 Å². The van der Waals surface area contributed by atoms with Gasteiger partial charge in [-0.3, -0.25) is 4.79 Å². The molecule has 0 radical (unpaired) electrons. The molecular weight excluding hydrogens is 436 g/mol. The fourth-order valence-corrected chi connectivity index (χ4v) is 4.73. The van der Waals surface area contributed by atoms with Crippen molar-refractivity contribution in [2.45, 2.75) is 23.3 Å². The summed E-state index contributed by atoms with van der Waals surface area (Å²) in [5.74, 6) is 0.491. The molecule has 0 bridgehead atoms. The Balaban J connectivity index is 1.65. The molecule has 0 atom stereocenters. The van der Waals surface area contributed by atoms with Crippen LogP contribution in [0.15, 0.2) is 76.5 Å². The Morgan fingerprint density at radius 3 is 2.32 bits per heavy atom. The molecule has 0 unspecified atom stereocenters. The van der Waals surface area contributed by atoms with E-state index in [1.165, 1.54) is 6.07 Å². The molecule has 0 saturated carbocycles. The molecule has 0 aliphatic heterocycles. The largest absolute Gasteiger partial charge is 0.497 e. The molecule has 3 aromatic rings. The van der Waals surface area contributed by atoms with E-state index in [1.54, 1.807) is 43.5 Å². The lowest BCUT2D eigenvalue weighted by Gasteiger charge is -2.13. The molecule has 0 aliphatic carbocycles. The first-order chi connectivity index (χ1) is 14.8. The molecule has 3 aromatic carbocycles. The van der Waals surface area contributed by atoms with Crippen LogP contribution in [0.3, 0.4) is 0 Å². The minimum atomic E-state index is -3.78. The number of benzene rings is 3. The van der Waals surface area contributed by atoms with Crippen molar-refractivity contribution in [1.29, 1.82) is 0 Å². The highest BCUT2D eigenvalue weighted by atomic mass is 35.5. The van der Waals surface area contributed by atoms with Crippen molar-refractivity contribution in [3.8, 4) is 5.75 Å². The lowest BCUT2D eigenvalue weighted by atomic mass is 10.2. The van der Waals surface area contributed by atoms with Crippen molar-refractivity contribution in [3.63, 3.8) is 0 Å². The Morgan fingerprint density at radius 2 is 1.68 bits per heavy atom. The summed E-state index contributed by atoms with van der Waals surface area (Å²) in [6.45, 7) is 2.19. The van der Waals surface area contributed by atoms with Crippen molar-refractivity contribution in [1.82, 2.24) is 5.32 Å². The molecule has 8 heteroatoms. The highest BCUT2D eigenvalue weighted by molar-refractivity contribution is 7.91. The van der Waals surface area contributed by atoms with Crippen molar-refractivity contribution in [3.05, 3.63) is 82.9 Å². The van der Waals surface area contributed by atoms with E-state index in [0.717, 1.165) is 16.9 Å². The third kappa shape index (κ3) is 5.57. The first-order valence-electron chi connectivity index (χ1n) is 9.55. The smallest absolute Gasteiger partial charge is 0.239 e. The van der Waals surface area contributed by atoms with Crippen LogP contribution in [-0.4, -0.2) is 28.0 Å². The monoisotopic (exact) mass is 458 g/mol. The van der Waals surface area contributed by atoms with E-state index in [2.05, 4.69) is 10.6 Å². The third-order valence-electron chi connectivity index (χ3n) is 4.67. The van der Waals surface area contributed by atoms with Crippen LogP contribution in [-0.2, 0) is 21.2 Å². The van der Waals surface area contributed by atoms with Gasteiger partial charge in [0.2, 0.25) is 15.7 Å². The Bertz CT molecular complexity index is 1160. The summed E-state index contributed by atoms with van der Waals surface area (Å²) in [6, 6.07) is 18.6. The predicted octanol–water partition coefficient (Wildman–Crippen LogP) is 4.22. The summed E-state index contributed by atoms with van der Waals surface area (Å²) in [6.07, 6.45) is 0. The molecule has 162 valence electrons. The van der Waals surface area contributed by atoms with Gasteiger partial charge < -0.3 is 15.4 Å². The van der Waals surface area contributed by atoms with Gasteiger partial charge >= 0.3 is 0 Å². The fraction of sp³-hybridized carbons (Fsp3) is 0.174. The van der Waals surface area contributed by atoms with E-state index in [-0.39, 0.29) is 27.3 Å². The van der Waals surface area contributed by atoms with Crippen molar-refractivity contribution < 1.29 is 17.9 Å². The molecular formula is C23H23ClN2O4S. The third-order valence-corrected chi connectivity index (χ3v) is 7.00. The lowest BCUT2D eigenvalue weighted by Crippen LogP contribution is -2.29. The van der Waals surface area contributed by atoms with Crippen LogP contribution in [0.1, 0.15) is 11.1 Å². The van der Waals surface area contributed by atoms with Crippen LogP contribution in [0.2, 0.25) is 5.02 Å². The average Bonchev–Trinajstić information content (AvgIpc) is 2.77. The predicted molar refractivity (Wildman–Crippen MR) is 121 cm³/mol. The number of ether oxygens (including phenoxy) is 1. The standard InChI is InChI=1S/C23H23ClN2O4S/c1-16-6-12-19(13-7-16)31(28,29)21-5-3-4-20(23(21)24)25-15-22(27)26-14-17-8-10-18(30-2)11-9-17/h3-13,25H,14-15H2,1-2H3,(H,26,27). The van der Waals surface area contributed by atoms with Crippen LogP contribution >= 0.6 is 11.6 Å². The maximum atomic E-state index is 13.0. The summed E-state index contributed by atoms with van der Waals surface area (Å²) in [5.41, 5.74) is 2.26. The maximum Gasteiger partial charge on any atom is 0.239 e. The van der Waals surface area contributed by atoms with E-state index in [4.69, 9.17) is 16.3 Å². The molecule has 0 aliphatic rings. The first-order valence-corrected chi connectivity index (χ1v) is 11.4. The van der Waals surface area contributed by atoms with E-state index in [9.17, 15) is 13.2 Å². The number of hydrogen-bond donors (Lipinski definition) is 2. The number of sulfone groups is 1. The van der Waals surface area contributed by atoms with Crippen molar-refractivity contribution in [2.24, 2.45) is 0 Å². The number of anilines is 1. The van der Waals surface area contributed by atoms with Gasteiger partial charge in [0.1, 0.15) is 5.75 Å². The van der Waals surface area contributed by atoms with Crippen LogP contribution in [0.25, 0.3) is 0 Å². The van der Waals surface area contributed by atoms with Gasteiger partial charge in [-0.15, -0.1) is 0 Å². The van der Waals surface area contributed by atoms with Crippen LogP contribution in [0, 0.1) is 6.92 Å². The Hall–Kier alpha value is -3.03. The number of halogens is 1. The van der Waals surface area contributed by atoms with E-state index in [1.807, 2.05) is 31.2 Å². The summed E-state index contributed by atoms with van der Waals surface area (Å²) < 4.78 is 31.0. The lowest BCUT2D eigenvalue weighted by molar-refractivity contribution is -0.119. The molecule has 1 amide bonds. The number of amides is 1. The number of carbonyl (C=O) groups is 1. The average molecular weight is 459 g/mol. The Kier molecular flexibility index (Phi) is 7.20. The van der Waals surface area contributed by atoms with Crippen LogP contribution in [0.5, 0.6) is 5.75 Å². The Morgan fingerprint density at radius 1 is 1.00 bits per heavy atom. The zero-order valence-electron chi connectivity index (χ0n) is 17.2. The summed E-state index contributed by atoms with van der Waals surface area (Å²) >= 11 is 6.37. The minimum Gasteiger partial charge on any atom is -0.497 e. The number of carbonyl (C=O) groups excluding carboxylic acids is 1. The molecule has 0 heterocycles. The summed E-state index contributed by atoms with van der Waals surface area (Å²) in [4.78, 5) is 12.3. The van der Waals surface area contributed by atoms with Gasteiger partial charge in [-0.2, -0.15) is 0 Å². The van der Waals surface area contributed by atoms with Crippen molar-refractivity contribution in [2.75, 3.05) is 19.0 Å². The molecule has 2 N–H and O–H groups in total. The minimum absolute atomic E-state index is 0.0124. The number of rotatable bonds is 8.